The Hall–Kier alpha value is -0.0400. The molecule has 6 aliphatic carbocycles. The number of ether oxygens (including phenoxy) is 1. The lowest BCUT2D eigenvalue weighted by molar-refractivity contribution is -0.0381. The zero-order valence-corrected chi connectivity index (χ0v) is 62.0. The van der Waals surface area contributed by atoms with Crippen LogP contribution in [0.4, 0.5) is 0 Å². The van der Waals surface area contributed by atoms with Gasteiger partial charge in [-0.3, -0.25) is 0 Å². The van der Waals surface area contributed by atoms with Crippen LogP contribution in [0.5, 0.6) is 0 Å². The zero-order valence-electron chi connectivity index (χ0n) is 62.0. The summed E-state index contributed by atoms with van der Waals surface area (Å²) in [4.78, 5) is 0. The first kappa shape index (κ1) is 78.0. The van der Waals surface area contributed by atoms with Crippen LogP contribution in [0.2, 0.25) is 0 Å². The van der Waals surface area contributed by atoms with Gasteiger partial charge in [-0.1, -0.05) is 286 Å². The van der Waals surface area contributed by atoms with Gasteiger partial charge in [0.15, 0.2) is 0 Å². The van der Waals surface area contributed by atoms with Gasteiger partial charge >= 0.3 is 0 Å². The lowest BCUT2D eigenvalue weighted by Crippen LogP contribution is -2.39. The summed E-state index contributed by atoms with van der Waals surface area (Å²) in [5.74, 6) is 10.3. The van der Waals surface area contributed by atoms with Gasteiger partial charge in [0.2, 0.25) is 0 Å². The number of rotatable bonds is 12. The normalized spacial score (nSPS) is 25.1. The van der Waals surface area contributed by atoms with Crippen molar-refractivity contribution in [3.05, 3.63) is 0 Å². The third-order valence-corrected chi connectivity index (χ3v) is 27.1. The van der Waals surface area contributed by atoms with Gasteiger partial charge in [0, 0.05) is 13.2 Å². The monoisotopic (exact) mass is 1120 g/mol. The molecular formula is C79H158O. The largest absolute Gasteiger partial charge is 0.381 e. The van der Waals surface area contributed by atoms with E-state index in [0.29, 0.717) is 48.7 Å². The van der Waals surface area contributed by atoms with Crippen molar-refractivity contribution in [2.75, 3.05) is 13.2 Å². The standard InChI is InChI=1S/C13H26.2C12H24.C11H22O.C11H22.2C10H20/c1-11(2)13(12(3)4)9-7-5-6-8-10-13;1-9(2)12(10(3,4)5)8-11(12,6)7;1-10(2)12(11(3)4)8-6-5-7-9-12;1-9(2)11(10(3)4)5-7-12-8-6-11;1-9(2)11(10(3)4)7-5-6-8-11;1-8(2)10(6-7-10)9(3,4)5;1-8(2)10(9(3)4)6-5-7-10/h11-12H,5-10H2,1-4H3;9H,8H2,1-7H3;10-11H,5-9H2,1-4H3;9-10H,5-8H2,1-4H3;9-10H,5-8H2,1-4H3;8H,6-7H2,1-5H3;8-9H,5-7H2,1-4H3. The third-order valence-electron chi connectivity index (χ3n) is 27.1. The molecule has 7 fully saturated rings. The Kier molecular flexibility index (Phi) is 31.4. The van der Waals surface area contributed by atoms with Crippen LogP contribution in [0.3, 0.4) is 0 Å². The molecule has 1 aliphatic heterocycles. The highest BCUT2D eigenvalue weighted by molar-refractivity contribution is 5.16. The Balaban J connectivity index is 0.000000467. The molecule has 1 heteroatoms. The van der Waals surface area contributed by atoms with E-state index in [1.165, 1.54) is 148 Å². The predicted molar refractivity (Wildman–Crippen MR) is 365 cm³/mol. The summed E-state index contributed by atoms with van der Waals surface area (Å²) in [5.41, 5.74) is 6.14. The molecule has 80 heavy (non-hydrogen) atoms. The highest BCUT2D eigenvalue weighted by Crippen LogP contribution is 2.75. The van der Waals surface area contributed by atoms with Gasteiger partial charge in [-0.05, 0) is 209 Å². The fourth-order valence-corrected chi connectivity index (χ4v) is 20.2. The minimum atomic E-state index is 0.463. The van der Waals surface area contributed by atoms with Crippen LogP contribution in [-0.2, 0) is 4.74 Å². The zero-order chi connectivity index (χ0) is 62.3. The van der Waals surface area contributed by atoms with Crippen molar-refractivity contribution in [2.45, 2.75) is 369 Å². The van der Waals surface area contributed by atoms with Crippen LogP contribution in [-0.4, -0.2) is 13.2 Å². The molecule has 0 radical (unpaired) electrons. The first-order valence-corrected chi connectivity index (χ1v) is 36.1. The van der Waals surface area contributed by atoms with E-state index in [0.717, 1.165) is 89.6 Å². The van der Waals surface area contributed by atoms with Crippen molar-refractivity contribution in [2.24, 2.45) is 125 Å². The fourth-order valence-electron chi connectivity index (χ4n) is 20.2. The van der Waals surface area contributed by atoms with Crippen LogP contribution in [0, 0.1) is 125 Å². The molecule has 1 saturated heterocycles. The minimum Gasteiger partial charge on any atom is -0.381 e. The first-order chi connectivity index (χ1) is 36.5. The molecule has 7 rings (SSSR count). The average molecular weight is 1120 g/mol. The molecule has 1 atom stereocenters. The molecule has 1 unspecified atom stereocenters. The van der Waals surface area contributed by atoms with Crippen LogP contribution in [0.25, 0.3) is 0 Å². The van der Waals surface area contributed by atoms with Gasteiger partial charge in [0.1, 0.15) is 0 Å². The summed E-state index contributed by atoms with van der Waals surface area (Å²) in [6.07, 6.45) is 33.3. The number of hydrogen-bond acceptors (Lipinski definition) is 1. The summed E-state index contributed by atoms with van der Waals surface area (Å²) in [6.45, 7) is 78.3. The van der Waals surface area contributed by atoms with Crippen molar-refractivity contribution in [1.29, 1.82) is 0 Å². The molecule has 480 valence electrons. The lowest BCUT2D eigenvalue weighted by atomic mass is 9.56. The first-order valence-electron chi connectivity index (χ1n) is 36.1. The maximum Gasteiger partial charge on any atom is 0.0471 e. The Morgan fingerprint density at radius 2 is 0.463 bits per heavy atom. The van der Waals surface area contributed by atoms with E-state index in [-0.39, 0.29) is 0 Å². The minimum absolute atomic E-state index is 0.463. The van der Waals surface area contributed by atoms with Gasteiger partial charge in [0.25, 0.3) is 0 Å². The van der Waals surface area contributed by atoms with E-state index in [9.17, 15) is 0 Å². The Labute approximate surface area is 509 Å². The van der Waals surface area contributed by atoms with E-state index in [1.54, 1.807) is 0 Å². The highest BCUT2D eigenvalue weighted by Gasteiger charge is 2.67. The molecule has 1 heterocycles. The van der Waals surface area contributed by atoms with Crippen LogP contribution >= 0.6 is 0 Å². The molecule has 0 N–H and O–H groups in total. The van der Waals surface area contributed by atoms with Crippen molar-refractivity contribution >= 4 is 0 Å². The van der Waals surface area contributed by atoms with Gasteiger partial charge in [-0.2, -0.15) is 0 Å². The summed E-state index contributed by atoms with van der Waals surface area (Å²) >= 11 is 0. The highest BCUT2D eigenvalue weighted by atomic mass is 16.5. The van der Waals surface area contributed by atoms with E-state index in [1.807, 2.05) is 0 Å². The van der Waals surface area contributed by atoms with Gasteiger partial charge < -0.3 is 4.74 Å². The molecule has 0 spiro atoms. The van der Waals surface area contributed by atoms with E-state index >= 15 is 0 Å². The smallest absolute Gasteiger partial charge is 0.0471 e. The molecule has 0 bridgehead atoms. The SMILES string of the molecule is CC(C)C1(C(C)(C)C)CC1.CC(C)C1(C(C)(C)C)CC1(C)C.CC(C)C1(C(C)C)CCC1.CC(C)C1(C(C)C)CCCC1.CC(C)C1(C(C)C)CCCCC1.CC(C)C1(C(C)C)CCCCCC1.CC(C)C1(C(C)C)CCOCC1. The maximum atomic E-state index is 5.43. The fraction of sp³-hybridized carbons (Fsp3) is 1.00. The van der Waals surface area contributed by atoms with Crippen molar-refractivity contribution in [3.8, 4) is 0 Å². The maximum absolute atomic E-state index is 5.43. The Bertz CT molecular complexity index is 1510. The molecule has 0 aromatic heterocycles. The van der Waals surface area contributed by atoms with Crippen LogP contribution < -0.4 is 0 Å². The second-order valence-electron chi connectivity index (χ2n) is 35.9. The van der Waals surface area contributed by atoms with Crippen molar-refractivity contribution in [3.63, 3.8) is 0 Å². The molecule has 1 nitrogen and oxygen atoms in total. The second-order valence-corrected chi connectivity index (χ2v) is 35.9. The summed E-state index contributed by atoms with van der Waals surface area (Å²) in [7, 11) is 0. The Morgan fingerprint density at radius 1 is 0.250 bits per heavy atom. The number of hydrogen-bond donors (Lipinski definition) is 0. The Morgan fingerprint density at radius 3 is 0.575 bits per heavy atom. The molecule has 0 amide bonds. The third kappa shape index (κ3) is 19.0. The van der Waals surface area contributed by atoms with Gasteiger partial charge in [0.05, 0.1) is 0 Å². The van der Waals surface area contributed by atoms with Crippen molar-refractivity contribution < 1.29 is 4.74 Å². The van der Waals surface area contributed by atoms with Crippen molar-refractivity contribution in [1.82, 2.24) is 0 Å². The van der Waals surface area contributed by atoms with Crippen LogP contribution in [0.15, 0.2) is 0 Å². The lowest BCUT2D eigenvalue weighted by Gasteiger charge is -2.49. The van der Waals surface area contributed by atoms with Gasteiger partial charge in [-0.25, -0.2) is 0 Å². The summed E-state index contributed by atoms with van der Waals surface area (Å²) in [5, 5.41) is 0. The average Bonchev–Trinajstić information content (AvgIpc) is 4.22. The molecular weight excluding hydrogens is 965 g/mol. The molecule has 0 aromatic rings. The molecule has 6 saturated carbocycles. The van der Waals surface area contributed by atoms with E-state index in [4.69, 9.17) is 4.74 Å². The molecule has 0 aromatic carbocycles. The van der Waals surface area contributed by atoms with Gasteiger partial charge in [-0.15, -0.1) is 0 Å². The quantitative estimate of drug-likeness (QED) is 0.177. The second kappa shape index (κ2) is 32.3. The summed E-state index contributed by atoms with van der Waals surface area (Å²) < 4.78 is 5.43. The molecule has 7 aliphatic rings. The van der Waals surface area contributed by atoms with Crippen LogP contribution in [0.1, 0.15) is 369 Å². The topological polar surface area (TPSA) is 9.23 Å². The van der Waals surface area contributed by atoms with E-state index < -0.39 is 0 Å². The summed E-state index contributed by atoms with van der Waals surface area (Å²) in [6, 6.07) is 0. The predicted octanol–water partition coefficient (Wildman–Crippen LogP) is 26.9. The van der Waals surface area contributed by atoms with E-state index in [2.05, 4.69) is 222 Å².